The first-order chi connectivity index (χ1) is 7.45. The largest absolute Gasteiger partial charge is 0.356 e. The van der Waals surface area contributed by atoms with Gasteiger partial charge in [-0.1, -0.05) is 12.1 Å². The van der Waals surface area contributed by atoms with Gasteiger partial charge in [0.25, 0.3) is 0 Å². The normalized spacial score (nSPS) is 16.5. The van der Waals surface area contributed by atoms with Crippen molar-refractivity contribution in [3.63, 3.8) is 0 Å². The van der Waals surface area contributed by atoms with E-state index in [0.717, 1.165) is 24.6 Å². The molecule has 2 heterocycles. The van der Waals surface area contributed by atoms with Crippen LogP contribution in [0.5, 0.6) is 0 Å². The van der Waals surface area contributed by atoms with Crippen molar-refractivity contribution in [1.29, 1.82) is 0 Å². The van der Waals surface area contributed by atoms with E-state index >= 15 is 0 Å². The zero-order chi connectivity index (χ0) is 10.1. The van der Waals surface area contributed by atoms with E-state index in [9.17, 15) is 0 Å². The van der Waals surface area contributed by atoms with Gasteiger partial charge in [0.1, 0.15) is 0 Å². The molecule has 1 aromatic heterocycles. The molecule has 0 atom stereocenters. The van der Waals surface area contributed by atoms with Gasteiger partial charge in [0.15, 0.2) is 0 Å². The standard InChI is InChI=1S/C12H15N3/c1-4-8-13-12-14-10-6-2-3-7-11(10)15(12)9-5-1/h2-3,6-7H,1,4-5,8-9H2,(H,13,14). The number of hydrogen-bond donors (Lipinski definition) is 1. The molecule has 0 bridgehead atoms. The molecule has 0 spiro atoms. The second-order valence-electron chi connectivity index (χ2n) is 4.06. The van der Waals surface area contributed by atoms with Gasteiger partial charge in [-0.2, -0.15) is 0 Å². The predicted molar refractivity (Wildman–Crippen MR) is 62.1 cm³/mol. The molecular formula is C12H15N3. The fourth-order valence-corrected chi connectivity index (χ4v) is 2.21. The average molecular weight is 201 g/mol. The van der Waals surface area contributed by atoms with Crippen molar-refractivity contribution in [3.8, 4) is 0 Å². The fraction of sp³-hybridized carbons (Fsp3) is 0.417. The summed E-state index contributed by atoms with van der Waals surface area (Å²) in [5, 5.41) is 3.41. The highest BCUT2D eigenvalue weighted by Crippen LogP contribution is 2.21. The maximum atomic E-state index is 4.61. The maximum Gasteiger partial charge on any atom is 0.203 e. The Kier molecular flexibility index (Phi) is 2.09. The fourth-order valence-electron chi connectivity index (χ4n) is 2.21. The molecule has 0 aliphatic carbocycles. The highest BCUT2D eigenvalue weighted by molar-refractivity contribution is 5.78. The first kappa shape index (κ1) is 8.77. The Bertz CT molecular complexity index is 473. The van der Waals surface area contributed by atoms with Crippen LogP contribution in [0.3, 0.4) is 0 Å². The molecule has 2 aromatic rings. The SMILES string of the molecule is c1ccc2c(c1)nc1n2CCCCCN1. The van der Waals surface area contributed by atoms with Crippen molar-refractivity contribution < 1.29 is 0 Å². The lowest BCUT2D eigenvalue weighted by molar-refractivity contribution is 0.589. The van der Waals surface area contributed by atoms with Crippen LogP contribution in [0.25, 0.3) is 11.0 Å². The van der Waals surface area contributed by atoms with E-state index in [4.69, 9.17) is 0 Å². The van der Waals surface area contributed by atoms with Crippen molar-refractivity contribution >= 4 is 17.0 Å². The highest BCUT2D eigenvalue weighted by Gasteiger charge is 2.10. The smallest absolute Gasteiger partial charge is 0.203 e. The second kappa shape index (κ2) is 3.57. The Labute approximate surface area is 89.1 Å². The molecular weight excluding hydrogens is 186 g/mol. The monoisotopic (exact) mass is 201 g/mol. The molecule has 3 heteroatoms. The summed E-state index contributed by atoms with van der Waals surface area (Å²) in [7, 11) is 0. The van der Waals surface area contributed by atoms with Crippen LogP contribution in [0.2, 0.25) is 0 Å². The molecule has 0 saturated heterocycles. The lowest BCUT2D eigenvalue weighted by Gasteiger charge is -2.13. The molecule has 0 unspecified atom stereocenters. The summed E-state index contributed by atoms with van der Waals surface area (Å²) in [5.74, 6) is 1.04. The number of anilines is 1. The van der Waals surface area contributed by atoms with Gasteiger partial charge in [-0.3, -0.25) is 0 Å². The van der Waals surface area contributed by atoms with Crippen molar-refractivity contribution in [2.45, 2.75) is 25.8 Å². The summed E-state index contributed by atoms with van der Waals surface area (Å²) < 4.78 is 2.30. The number of para-hydroxylation sites is 2. The number of rotatable bonds is 0. The molecule has 1 aliphatic heterocycles. The van der Waals surface area contributed by atoms with Crippen LogP contribution in [0, 0.1) is 0 Å². The van der Waals surface area contributed by atoms with Crippen LogP contribution in [0.15, 0.2) is 24.3 Å². The van der Waals surface area contributed by atoms with Crippen molar-refractivity contribution in [2.24, 2.45) is 0 Å². The van der Waals surface area contributed by atoms with E-state index in [1.807, 2.05) is 6.07 Å². The molecule has 3 nitrogen and oxygen atoms in total. The minimum Gasteiger partial charge on any atom is -0.356 e. The van der Waals surface area contributed by atoms with E-state index in [1.165, 1.54) is 24.8 Å². The molecule has 78 valence electrons. The van der Waals surface area contributed by atoms with Crippen molar-refractivity contribution in [3.05, 3.63) is 24.3 Å². The molecule has 15 heavy (non-hydrogen) atoms. The molecule has 0 saturated carbocycles. The molecule has 1 aliphatic rings. The number of hydrogen-bond acceptors (Lipinski definition) is 2. The third-order valence-electron chi connectivity index (χ3n) is 3.00. The van der Waals surface area contributed by atoms with Crippen LogP contribution in [0.4, 0.5) is 5.95 Å². The van der Waals surface area contributed by atoms with Crippen LogP contribution in [-0.4, -0.2) is 16.1 Å². The third-order valence-corrected chi connectivity index (χ3v) is 3.00. The maximum absolute atomic E-state index is 4.61. The Balaban J connectivity index is 2.15. The number of fused-ring (bicyclic) bond motifs is 3. The number of imidazole rings is 1. The topological polar surface area (TPSA) is 29.9 Å². The van der Waals surface area contributed by atoms with Gasteiger partial charge in [-0.25, -0.2) is 4.98 Å². The van der Waals surface area contributed by atoms with Crippen LogP contribution >= 0.6 is 0 Å². The Morgan fingerprint density at radius 3 is 3.07 bits per heavy atom. The summed E-state index contributed by atoms with van der Waals surface area (Å²) >= 11 is 0. The number of aryl methyl sites for hydroxylation is 1. The summed E-state index contributed by atoms with van der Waals surface area (Å²) in [5.41, 5.74) is 2.35. The zero-order valence-electron chi connectivity index (χ0n) is 8.74. The van der Waals surface area contributed by atoms with E-state index in [-0.39, 0.29) is 0 Å². The number of nitrogens with one attached hydrogen (secondary N) is 1. The number of nitrogens with zero attached hydrogens (tertiary/aromatic N) is 2. The summed E-state index contributed by atoms with van der Waals surface area (Å²) in [4.78, 5) is 4.61. The van der Waals surface area contributed by atoms with Gasteiger partial charge in [0.2, 0.25) is 5.95 Å². The van der Waals surface area contributed by atoms with Gasteiger partial charge < -0.3 is 9.88 Å². The third kappa shape index (κ3) is 1.48. The molecule has 0 fully saturated rings. The molecule has 0 amide bonds. The minimum atomic E-state index is 1.04. The summed E-state index contributed by atoms with van der Waals surface area (Å²) in [6.45, 7) is 2.13. The van der Waals surface area contributed by atoms with Gasteiger partial charge in [0, 0.05) is 13.1 Å². The van der Waals surface area contributed by atoms with Crippen molar-refractivity contribution in [2.75, 3.05) is 11.9 Å². The molecule has 1 N–H and O–H groups in total. The van der Waals surface area contributed by atoms with Gasteiger partial charge in [-0.15, -0.1) is 0 Å². The second-order valence-corrected chi connectivity index (χ2v) is 4.06. The Morgan fingerprint density at radius 2 is 2.07 bits per heavy atom. The Morgan fingerprint density at radius 1 is 1.13 bits per heavy atom. The van der Waals surface area contributed by atoms with Crippen LogP contribution < -0.4 is 5.32 Å². The minimum absolute atomic E-state index is 1.04. The molecule has 1 aromatic carbocycles. The van der Waals surface area contributed by atoms with Crippen LogP contribution in [-0.2, 0) is 6.54 Å². The summed E-state index contributed by atoms with van der Waals surface area (Å²) in [6, 6.07) is 8.35. The van der Waals surface area contributed by atoms with Crippen LogP contribution in [0.1, 0.15) is 19.3 Å². The van der Waals surface area contributed by atoms with Crippen molar-refractivity contribution in [1.82, 2.24) is 9.55 Å². The van der Waals surface area contributed by atoms with E-state index in [1.54, 1.807) is 0 Å². The van der Waals surface area contributed by atoms with E-state index in [0.29, 0.717) is 0 Å². The lowest BCUT2D eigenvalue weighted by atomic mass is 10.2. The predicted octanol–water partition coefficient (Wildman–Crippen LogP) is 2.63. The summed E-state index contributed by atoms with van der Waals surface area (Å²) in [6.07, 6.45) is 3.82. The van der Waals surface area contributed by atoms with E-state index in [2.05, 4.69) is 33.1 Å². The number of aromatic nitrogens is 2. The van der Waals surface area contributed by atoms with Gasteiger partial charge in [0.05, 0.1) is 11.0 Å². The first-order valence-electron chi connectivity index (χ1n) is 5.64. The van der Waals surface area contributed by atoms with E-state index < -0.39 is 0 Å². The lowest BCUT2D eigenvalue weighted by Crippen LogP contribution is -2.12. The zero-order valence-corrected chi connectivity index (χ0v) is 8.74. The first-order valence-corrected chi connectivity index (χ1v) is 5.64. The average Bonchev–Trinajstić information content (AvgIpc) is 2.55. The Hall–Kier alpha value is -1.51. The quantitative estimate of drug-likeness (QED) is 0.710. The molecule has 3 rings (SSSR count). The van der Waals surface area contributed by atoms with Gasteiger partial charge >= 0.3 is 0 Å². The number of benzene rings is 1. The van der Waals surface area contributed by atoms with Gasteiger partial charge in [-0.05, 0) is 31.4 Å². The molecule has 0 radical (unpaired) electrons. The highest BCUT2D eigenvalue weighted by atomic mass is 15.2.